The topological polar surface area (TPSA) is 116 Å². The Bertz CT molecular complexity index is 1260. The van der Waals surface area contributed by atoms with Gasteiger partial charge < -0.3 is 16.0 Å². The molecule has 158 valence electrons. The molecule has 31 heavy (non-hydrogen) atoms. The van der Waals surface area contributed by atoms with Crippen LogP contribution in [0.2, 0.25) is 10.0 Å². The van der Waals surface area contributed by atoms with Gasteiger partial charge in [0.2, 0.25) is 17.8 Å². The van der Waals surface area contributed by atoms with Gasteiger partial charge in [-0.1, -0.05) is 35.3 Å². The molecule has 0 radical (unpaired) electrons. The molecule has 10 heteroatoms. The number of rotatable bonds is 4. The van der Waals surface area contributed by atoms with Gasteiger partial charge in [-0.2, -0.15) is 4.98 Å². The van der Waals surface area contributed by atoms with Crippen molar-refractivity contribution < 1.29 is 9.59 Å². The van der Waals surface area contributed by atoms with Gasteiger partial charge in [0.15, 0.2) is 0 Å². The maximum atomic E-state index is 12.9. The Morgan fingerprint density at radius 3 is 2.68 bits per heavy atom. The molecule has 8 nitrogen and oxygen atoms in total. The van der Waals surface area contributed by atoms with E-state index in [1.54, 1.807) is 42.5 Å². The minimum Gasteiger partial charge on any atom is -0.326 e. The van der Waals surface area contributed by atoms with Crippen molar-refractivity contribution in [3.8, 4) is 0 Å². The van der Waals surface area contributed by atoms with E-state index in [0.717, 1.165) is 5.56 Å². The first-order valence-electron chi connectivity index (χ1n) is 9.34. The predicted molar refractivity (Wildman–Crippen MR) is 120 cm³/mol. The number of carbonyl (C=O) groups is 2. The number of hydrogen-bond acceptors (Lipinski definition) is 5. The molecular formula is C21H17Cl2N5O3. The number of benzene rings is 2. The van der Waals surface area contributed by atoms with Crippen LogP contribution in [-0.4, -0.2) is 21.8 Å². The van der Waals surface area contributed by atoms with Crippen LogP contribution in [0.25, 0.3) is 0 Å². The smallest absolute Gasteiger partial charge is 0.258 e. The molecule has 1 aromatic heterocycles. The summed E-state index contributed by atoms with van der Waals surface area (Å²) in [4.78, 5) is 44.8. The van der Waals surface area contributed by atoms with Crippen LogP contribution in [0.15, 0.2) is 47.3 Å². The van der Waals surface area contributed by atoms with Crippen molar-refractivity contribution in [1.82, 2.24) is 9.97 Å². The minimum atomic E-state index is -1.000. The van der Waals surface area contributed by atoms with Gasteiger partial charge in [0.05, 0.1) is 11.5 Å². The third-order valence-electron chi connectivity index (χ3n) is 4.79. The fourth-order valence-corrected chi connectivity index (χ4v) is 3.63. The molecule has 0 aliphatic carbocycles. The molecule has 0 saturated heterocycles. The van der Waals surface area contributed by atoms with Crippen LogP contribution in [-0.2, 0) is 9.59 Å². The van der Waals surface area contributed by atoms with E-state index in [2.05, 4.69) is 25.9 Å². The molecule has 4 N–H and O–H groups in total. The van der Waals surface area contributed by atoms with E-state index in [1.165, 1.54) is 0 Å². The van der Waals surface area contributed by atoms with Crippen molar-refractivity contribution in [2.24, 2.45) is 0 Å². The summed E-state index contributed by atoms with van der Waals surface area (Å²) in [5.41, 5.74) is 1.49. The van der Waals surface area contributed by atoms with Crippen LogP contribution in [0.5, 0.6) is 0 Å². The number of aromatic nitrogens is 2. The Hall–Kier alpha value is -3.36. The highest BCUT2D eigenvalue weighted by Gasteiger charge is 2.34. The van der Waals surface area contributed by atoms with Gasteiger partial charge in [-0.15, -0.1) is 0 Å². The molecule has 2 amide bonds. The molecule has 1 aliphatic heterocycles. The van der Waals surface area contributed by atoms with Gasteiger partial charge in [-0.3, -0.25) is 19.4 Å². The highest BCUT2D eigenvalue weighted by Crippen LogP contribution is 2.31. The second-order valence-electron chi connectivity index (χ2n) is 7.07. The summed E-state index contributed by atoms with van der Waals surface area (Å²) in [6.07, 6.45) is -0.176. The number of carbonyl (C=O) groups excluding carboxylic acids is 2. The van der Waals surface area contributed by atoms with Gasteiger partial charge in [-0.05, 0) is 42.8 Å². The molecule has 0 bridgehead atoms. The van der Waals surface area contributed by atoms with Gasteiger partial charge >= 0.3 is 0 Å². The molecular weight excluding hydrogens is 441 g/mol. The molecule has 1 unspecified atom stereocenters. The first-order valence-corrected chi connectivity index (χ1v) is 10.1. The summed E-state index contributed by atoms with van der Waals surface area (Å²) in [6.45, 7) is 1.84. The van der Waals surface area contributed by atoms with Crippen molar-refractivity contribution in [3.05, 3.63) is 74.0 Å². The zero-order valence-corrected chi connectivity index (χ0v) is 17.8. The number of aromatic amines is 1. The summed E-state index contributed by atoms with van der Waals surface area (Å²) in [6, 6.07) is 11.9. The van der Waals surface area contributed by atoms with Crippen molar-refractivity contribution in [2.75, 3.05) is 16.0 Å². The lowest BCUT2D eigenvalue weighted by Crippen LogP contribution is -2.36. The monoisotopic (exact) mass is 457 g/mol. The highest BCUT2D eigenvalue weighted by molar-refractivity contribution is 6.31. The fourth-order valence-electron chi connectivity index (χ4n) is 3.26. The summed E-state index contributed by atoms with van der Waals surface area (Å²) in [5, 5.41) is 9.21. The number of nitrogens with zero attached hydrogens (tertiary/aromatic N) is 1. The summed E-state index contributed by atoms with van der Waals surface area (Å²) >= 11 is 12.1. The van der Waals surface area contributed by atoms with Crippen LogP contribution < -0.4 is 21.5 Å². The largest absolute Gasteiger partial charge is 0.326 e. The lowest BCUT2D eigenvalue weighted by atomic mass is 9.92. The maximum absolute atomic E-state index is 12.9. The number of amides is 2. The fraction of sp³-hybridized carbons (Fsp3) is 0.143. The van der Waals surface area contributed by atoms with Gasteiger partial charge in [0, 0.05) is 27.8 Å². The van der Waals surface area contributed by atoms with Crippen molar-refractivity contribution in [3.63, 3.8) is 0 Å². The standard InChI is InChI=1S/C21H17Cl2N5O3/c1-10-5-6-13(8-15(10)23)24-19(30)14-9-16(29)26-18-17(14)20(31)28-21(27-18)25-12-4-2-3-11(22)7-12/h2-8,14H,9H2,1H3,(H,24,30)(H3,25,26,27,28,29,31). The van der Waals surface area contributed by atoms with E-state index in [1.807, 2.05) is 6.92 Å². The van der Waals surface area contributed by atoms with E-state index in [0.29, 0.717) is 21.4 Å². The molecule has 2 aromatic carbocycles. The minimum absolute atomic E-state index is 0.0339. The average Bonchev–Trinajstić information content (AvgIpc) is 2.70. The van der Waals surface area contributed by atoms with E-state index in [-0.39, 0.29) is 23.8 Å². The van der Waals surface area contributed by atoms with E-state index < -0.39 is 23.3 Å². The lowest BCUT2D eigenvalue weighted by Gasteiger charge is -2.23. The quantitative estimate of drug-likeness (QED) is 0.468. The Labute approximate surface area is 187 Å². The molecule has 4 rings (SSSR count). The second-order valence-corrected chi connectivity index (χ2v) is 7.91. The average molecular weight is 458 g/mol. The Morgan fingerprint density at radius 1 is 1.13 bits per heavy atom. The number of aryl methyl sites for hydroxylation is 1. The molecule has 0 spiro atoms. The van der Waals surface area contributed by atoms with Gasteiger partial charge in [-0.25, -0.2) is 0 Å². The van der Waals surface area contributed by atoms with Crippen molar-refractivity contribution in [2.45, 2.75) is 19.3 Å². The molecule has 2 heterocycles. The molecule has 0 fully saturated rings. The zero-order chi connectivity index (χ0) is 22.1. The second kappa shape index (κ2) is 8.41. The van der Waals surface area contributed by atoms with E-state index in [9.17, 15) is 14.4 Å². The van der Waals surface area contributed by atoms with Crippen molar-refractivity contribution in [1.29, 1.82) is 0 Å². The van der Waals surface area contributed by atoms with Crippen LogP contribution in [0, 0.1) is 6.92 Å². The zero-order valence-electron chi connectivity index (χ0n) is 16.3. The highest BCUT2D eigenvalue weighted by atomic mass is 35.5. The summed E-state index contributed by atoms with van der Waals surface area (Å²) < 4.78 is 0. The number of halogens is 2. The number of H-pyrrole nitrogens is 1. The van der Waals surface area contributed by atoms with Gasteiger partial charge in [0.25, 0.3) is 5.56 Å². The lowest BCUT2D eigenvalue weighted by molar-refractivity contribution is -0.123. The van der Waals surface area contributed by atoms with Crippen LogP contribution >= 0.6 is 23.2 Å². The van der Waals surface area contributed by atoms with Gasteiger partial charge in [0.1, 0.15) is 5.82 Å². The van der Waals surface area contributed by atoms with Crippen molar-refractivity contribution >= 4 is 58.2 Å². The van der Waals surface area contributed by atoms with E-state index >= 15 is 0 Å². The Morgan fingerprint density at radius 2 is 1.94 bits per heavy atom. The van der Waals surface area contributed by atoms with Crippen LogP contribution in [0.3, 0.4) is 0 Å². The number of fused-ring (bicyclic) bond motifs is 1. The summed E-state index contributed by atoms with van der Waals surface area (Å²) in [7, 11) is 0. The summed E-state index contributed by atoms with van der Waals surface area (Å²) in [5.74, 6) is -1.77. The third kappa shape index (κ3) is 4.55. The molecule has 0 saturated carbocycles. The number of nitrogens with one attached hydrogen (secondary N) is 4. The SMILES string of the molecule is Cc1ccc(NC(=O)C2CC(=O)Nc3nc(Nc4cccc(Cl)c4)[nH]c(=O)c32)cc1Cl. The van der Waals surface area contributed by atoms with Crippen LogP contribution in [0.4, 0.5) is 23.1 Å². The van der Waals surface area contributed by atoms with Crippen LogP contribution in [0.1, 0.15) is 23.5 Å². The number of hydrogen-bond donors (Lipinski definition) is 4. The Kier molecular flexibility index (Phi) is 5.67. The number of anilines is 4. The third-order valence-corrected chi connectivity index (χ3v) is 5.44. The Balaban J connectivity index is 1.64. The predicted octanol–water partition coefficient (Wildman–Crippen LogP) is 4.19. The van der Waals surface area contributed by atoms with E-state index in [4.69, 9.17) is 23.2 Å². The maximum Gasteiger partial charge on any atom is 0.258 e. The molecule has 1 atom stereocenters. The first-order chi connectivity index (χ1) is 14.8. The first kappa shape index (κ1) is 20.9. The normalized spacial score (nSPS) is 15.1. The molecule has 1 aliphatic rings. The molecule has 3 aromatic rings.